The second-order valence-electron chi connectivity index (χ2n) is 3.94. The Kier molecular flexibility index (Phi) is 3.10. The lowest BCUT2D eigenvalue weighted by atomic mass is 9.90. The number of aliphatic carboxylic acids is 1. The molecule has 0 bridgehead atoms. The van der Waals surface area contributed by atoms with Gasteiger partial charge in [0.15, 0.2) is 0 Å². The predicted molar refractivity (Wildman–Crippen MR) is 63.2 cm³/mol. The topological polar surface area (TPSA) is 84.9 Å². The van der Waals surface area contributed by atoms with Crippen molar-refractivity contribution < 1.29 is 24.2 Å². The van der Waals surface area contributed by atoms with E-state index in [1.54, 1.807) is 12.1 Å². The number of anilines is 1. The summed E-state index contributed by atoms with van der Waals surface area (Å²) < 4.78 is 10.2. The highest BCUT2D eigenvalue weighted by atomic mass is 16.5. The van der Waals surface area contributed by atoms with Crippen LogP contribution in [0.25, 0.3) is 0 Å². The van der Waals surface area contributed by atoms with E-state index in [4.69, 9.17) is 14.6 Å². The molecule has 1 aromatic carbocycles. The summed E-state index contributed by atoms with van der Waals surface area (Å²) >= 11 is 0. The molecule has 1 aliphatic rings. The van der Waals surface area contributed by atoms with E-state index in [9.17, 15) is 9.59 Å². The van der Waals surface area contributed by atoms with Gasteiger partial charge < -0.3 is 19.9 Å². The first-order valence-electron chi connectivity index (χ1n) is 5.35. The van der Waals surface area contributed by atoms with Gasteiger partial charge >= 0.3 is 5.97 Å². The van der Waals surface area contributed by atoms with Gasteiger partial charge in [-0.1, -0.05) is 0 Å². The van der Waals surface area contributed by atoms with Crippen LogP contribution in [0.3, 0.4) is 0 Å². The van der Waals surface area contributed by atoms with Crippen molar-refractivity contribution in [3.8, 4) is 11.5 Å². The van der Waals surface area contributed by atoms with Crippen molar-refractivity contribution in [2.45, 2.75) is 12.3 Å². The molecule has 0 fully saturated rings. The smallest absolute Gasteiger partial charge is 0.311 e. The fourth-order valence-electron chi connectivity index (χ4n) is 2.00. The molecule has 96 valence electrons. The van der Waals surface area contributed by atoms with Gasteiger partial charge in [0.25, 0.3) is 0 Å². The van der Waals surface area contributed by atoms with Gasteiger partial charge in [0.1, 0.15) is 11.5 Å². The molecule has 1 amide bonds. The van der Waals surface area contributed by atoms with Gasteiger partial charge in [0.2, 0.25) is 5.91 Å². The molecule has 0 radical (unpaired) electrons. The van der Waals surface area contributed by atoms with Gasteiger partial charge in [-0.05, 0) is 11.6 Å². The molecule has 1 heterocycles. The van der Waals surface area contributed by atoms with Crippen LogP contribution in [0.1, 0.15) is 17.9 Å². The number of amides is 1. The molecule has 0 spiro atoms. The van der Waals surface area contributed by atoms with Crippen molar-refractivity contribution >= 4 is 17.6 Å². The average Bonchev–Trinajstić information content (AvgIpc) is 2.36. The van der Waals surface area contributed by atoms with E-state index in [-0.39, 0.29) is 12.3 Å². The predicted octanol–water partition coefficient (Wildman–Crippen LogP) is 1.21. The highest BCUT2D eigenvalue weighted by molar-refractivity contribution is 6.01. The third kappa shape index (κ3) is 1.97. The Labute approximate surface area is 104 Å². The monoisotopic (exact) mass is 251 g/mol. The fourth-order valence-corrected chi connectivity index (χ4v) is 2.00. The van der Waals surface area contributed by atoms with Crippen LogP contribution in [0.15, 0.2) is 12.1 Å². The quantitative estimate of drug-likeness (QED) is 0.843. The molecule has 0 aliphatic carbocycles. The van der Waals surface area contributed by atoms with Crippen LogP contribution in [0.4, 0.5) is 5.69 Å². The molecule has 1 aliphatic heterocycles. The second kappa shape index (κ2) is 4.56. The Morgan fingerprint density at radius 3 is 2.67 bits per heavy atom. The third-order valence-corrected chi connectivity index (χ3v) is 2.89. The van der Waals surface area contributed by atoms with Gasteiger partial charge in [-0.3, -0.25) is 9.59 Å². The van der Waals surface area contributed by atoms with Crippen LogP contribution in [-0.4, -0.2) is 31.2 Å². The van der Waals surface area contributed by atoms with E-state index in [0.29, 0.717) is 22.7 Å². The molecule has 2 N–H and O–H groups in total. The van der Waals surface area contributed by atoms with Crippen LogP contribution >= 0.6 is 0 Å². The van der Waals surface area contributed by atoms with E-state index >= 15 is 0 Å². The van der Waals surface area contributed by atoms with Gasteiger partial charge in [-0.25, -0.2) is 0 Å². The Balaban J connectivity index is 2.61. The average molecular weight is 251 g/mol. The number of nitrogens with one attached hydrogen (secondary N) is 1. The normalized spacial score (nSPS) is 17.7. The molecule has 0 saturated heterocycles. The summed E-state index contributed by atoms with van der Waals surface area (Å²) in [7, 11) is 2.93. The lowest BCUT2D eigenvalue weighted by Crippen LogP contribution is -2.27. The molecular formula is C12H13NO5. The first-order chi connectivity index (χ1) is 8.56. The number of rotatable bonds is 3. The number of benzene rings is 1. The zero-order chi connectivity index (χ0) is 13.3. The van der Waals surface area contributed by atoms with Gasteiger partial charge in [-0.15, -0.1) is 0 Å². The number of carboxylic acid groups (broad SMARTS) is 1. The maximum Gasteiger partial charge on any atom is 0.311 e. The van der Waals surface area contributed by atoms with Crippen molar-refractivity contribution in [3.63, 3.8) is 0 Å². The molecule has 6 heteroatoms. The first kappa shape index (κ1) is 12.2. The third-order valence-electron chi connectivity index (χ3n) is 2.89. The van der Waals surface area contributed by atoms with Crippen LogP contribution < -0.4 is 14.8 Å². The highest BCUT2D eigenvalue weighted by Crippen LogP contribution is 2.41. The van der Waals surface area contributed by atoms with Gasteiger partial charge in [-0.2, -0.15) is 0 Å². The Bertz CT molecular complexity index is 511. The molecule has 1 unspecified atom stereocenters. The van der Waals surface area contributed by atoms with Crippen molar-refractivity contribution in [1.82, 2.24) is 0 Å². The molecule has 0 aromatic heterocycles. The van der Waals surface area contributed by atoms with E-state index in [1.807, 2.05) is 0 Å². The molecule has 0 saturated carbocycles. The standard InChI is InChI=1S/C12H13NO5/c1-17-6-3-7-8(12(15)16)5-10(14)13-11(7)9(4-6)18-2/h3-4,8H,5H2,1-2H3,(H,13,14)(H,15,16). The van der Waals surface area contributed by atoms with Gasteiger partial charge in [0.05, 0.1) is 25.8 Å². The number of fused-ring (bicyclic) bond motifs is 1. The minimum absolute atomic E-state index is 0.0847. The van der Waals surface area contributed by atoms with E-state index in [2.05, 4.69) is 5.32 Å². The number of carboxylic acids is 1. The van der Waals surface area contributed by atoms with Crippen LogP contribution in [0.2, 0.25) is 0 Å². The number of carbonyl (C=O) groups is 2. The molecule has 2 rings (SSSR count). The number of methoxy groups -OCH3 is 2. The number of hydrogen-bond acceptors (Lipinski definition) is 4. The fraction of sp³-hybridized carbons (Fsp3) is 0.333. The maximum absolute atomic E-state index is 11.5. The lowest BCUT2D eigenvalue weighted by molar-refractivity contribution is -0.140. The summed E-state index contributed by atoms with van der Waals surface area (Å²) in [5, 5.41) is 11.8. The Hall–Kier alpha value is -2.24. The number of hydrogen-bond donors (Lipinski definition) is 2. The summed E-state index contributed by atoms with van der Waals surface area (Å²) in [5.74, 6) is -1.37. The zero-order valence-electron chi connectivity index (χ0n) is 10.0. The van der Waals surface area contributed by atoms with Crippen LogP contribution in [0, 0.1) is 0 Å². The minimum Gasteiger partial charge on any atom is -0.497 e. The van der Waals surface area contributed by atoms with Crippen molar-refractivity contribution in [2.24, 2.45) is 0 Å². The maximum atomic E-state index is 11.5. The molecule has 6 nitrogen and oxygen atoms in total. The van der Waals surface area contributed by atoms with Crippen molar-refractivity contribution in [2.75, 3.05) is 19.5 Å². The summed E-state index contributed by atoms with van der Waals surface area (Å²) in [6, 6.07) is 3.21. The summed E-state index contributed by atoms with van der Waals surface area (Å²) in [6.07, 6.45) is -0.0847. The highest BCUT2D eigenvalue weighted by Gasteiger charge is 2.33. The van der Waals surface area contributed by atoms with Crippen molar-refractivity contribution in [1.29, 1.82) is 0 Å². The Morgan fingerprint density at radius 2 is 2.11 bits per heavy atom. The second-order valence-corrected chi connectivity index (χ2v) is 3.94. The van der Waals surface area contributed by atoms with Crippen molar-refractivity contribution in [3.05, 3.63) is 17.7 Å². The zero-order valence-corrected chi connectivity index (χ0v) is 10.0. The first-order valence-corrected chi connectivity index (χ1v) is 5.35. The Morgan fingerprint density at radius 1 is 1.39 bits per heavy atom. The minimum atomic E-state index is -1.04. The summed E-state index contributed by atoms with van der Waals surface area (Å²) in [5.41, 5.74) is 0.903. The van der Waals surface area contributed by atoms with Gasteiger partial charge in [0, 0.05) is 12.5 Å². The van der Waals surface area contributed by atoms with E-state index in [1.165, 1.54) is 14.2 Å². The van der Waals surface area contributed by atoms with Crippen LogP contribution in [-0.2, 0) is 9.59 Å². The molecule has 1 atom stereocenters. The van der Waals surface area contributed by atoms with Crippen LogP contribution in [0.5, 0.6) is 11.5 Å². The molecule has 1 aromatic rings. The van der Waals surface area contributed by atoms with E-state index in [0.717, 1.165) is 0 Å². The lowest BCUT2D eigenvalue weighted by Gasteiger charge is -2.25. The molecule has 18 heavy (non-hydrogen) atoms. The number of carbonyl (C=O) groups excluding carboxylic acids is 1. The van der Waals surface area contributed by atoms with E-state index < -0.39 is 11.9 Å². The number of ether oxygens (including phenoxy) is 2. The summed E-state index contributed by atoms with van der Waals surface area (Å²) in [6.45, 7) is 0. The molecular weight excluding hydrogens is 238 g/mol. The summed E-state index contributed by atoms with van der Waals surface area (Å²) in [4.78, 5) is 22.7. The SMILES string of the molecule is COc1cc(OC)c2c(c1)C(C(=O)O)CC(=O)N2. The largest absolute Gasteiger partial charge is 0.497 e.